The maximum Gasteiger partial charge on any atom is 0.305 e. The Bertz CT molecular complexity index is 1210. The molecule has 0 heterocycles. The van der Waals surface area contributed by atoms with E-state index in [9.17, 15) is 33.6 Å². The molecule has 5 N–H and O–H groups in total. The van der Waals surface area contributed by atoms with Gasteiger partial charge in [-0.2, -0.15) is 0 Å². The maximum atomic E-state index is 12.7. The molecule has 0 fully saturated rings. The number of benzene rings is 2. The minimum absolute atomic E-state index is 0.226. The smallest absolute Gasteiger partial charge is 0.305 e. The predicted molar refractivity (Wildman–Crippen MR) is 151 cm³/mol. The average Bonchev–Trinajstić information content (AvgIpc) is 2.91. The van der Waals surface area contributed by atoms with Crippen molar-refractivity contribution in [2.24, 2.45) is 5.92 Å². The van der Waals surface area contributed by atoms with Crippen molar-refractivity contribution in [2.45, 2.75) is 65.1 Å². The van der Waals surface area contributed by atoms with Gasteiger partial charge in [-0.1, -0.05) is 62.4 Å². The second-order valence-corrected chi connectivity index (χ2v) is 9.67. The number of amides is 3. The molecule has 0 saturated carbocycles. The number of fused-ring (bicyclic) bond motifs is 1. The van der Waals surface area contributed by atoms with Crippen LogP contribution in [0.5, 0.6) is 0 Å². The fourth-order valence-electron chi connectivity index (χ4n) is 3.66. The van der Waals surface area contributed by atoms with Gasteiger partial charge in [0.25, 0.3) is 0 Å². The normalized spacial score (nSPS) is 12.5. The van der Waals surface area contributed by atoms with E-state index in [-0.39, 0.29) is 6.42 Å². The van der Waals surface area contributed by atoms with Gasteiger partial charge in [-0.05, 0) is 23.1 Å². The van der Waals surface area contributed by atoms with Crippen molar-refractivity contribution in [3.05, 3.63) is 48.5 Å². The van der Waals surface area contributed by atoms with Crippen LogP contribution in [0.15, 0.2) is 48.5 Å². The number of esters is 1. The minimum Gasteiger partial charge on any atom is -0.481 e. The Morgan fingerprint density at radius 1 is 0.738 bits per heavy atom. The highest BCUT2D eigenvalue weighted by Gasteiger charge is 2.32. The third-order valence-corrected chi connectivity index (χ3v) is 5.75. The Balaban J connectivity index is 0.000000723. The predicted octanol–water partition coefficient (Wildman–Crippen LogP) is 1.43. The second-order valence-electron chi connectivity index (χ2n) is 9.67. The van der Waals surface area contributed by atoms with Crippen molar-refractivity contribution in [1.29, 1.82) is 0 Å². The first-order valence-electron chi connectivity index (χ1n) is 13.1. The van der Waals surface area contributed by atoms with Crippen LogP contribution in [-0.2, 0) is 38.3 Å². The summed E-state index contributed by atoms with van der Waals surface area (Å²) in [6, 6.07) is 12.7. The van der Waals surface area contributed by atoms with E-state index < -0.39 is 84.9 Å². The number of hydrogen-bond acceptors (Lipinski definition) is 8. The lowest BCUT2D eigenvalue weighted by Gasteiger charge is -2.26. The molecular weight excluding hydrogens is 550 g/mol. The number of carbonyl (C=O) groups is 7. The van der Waals surface area contributed by atoms with Crippen LogP contribution in [0.1, 0.15) is 47.0 Å². The molecule has 3 amide bonds. The molecule has 2 aromatic rings. The summed E-state index contributed by atoms with van der Waals surface area (Å²) >= 11 is 0. The second kappa shape index (κ2) is 17.8. The van der Waals surface area contributed by atoms with Crippen LogP contribution in [0, 0.1) is 5.92 Å². The topological polar surface area (TPSA) is 205 Å². The Morgan fingerprint density at radius 3 is 1.67 bits per heavy atom. The Kier molecular flexibility index (Phi) is 14.9. The molecule has 0 aliphatic carbocycles. The summed E-state index contributed by atoms with van der Waals surface area (Å²) in [5.74, 6) is -7.01. The Morgan fingerprint density at radius 2 is 1.26 bits per heavy atom. The number of hydrogen-bond donors (Lipinski definition) is 5. The Labute approximate surface area is 243 Å². The summed E-state index contributed by atoms with van der Waals surface area (Å²) in [7, 11) is 0. The lowest BCUT2D eigenvalue weighted by Crippen LogP contribution is -2.57. The number of Topliss-reactive ketones (excluding diaryl/α,β-unsaturated/α-hetero) is 1. The van der Waals surface area contributed by atoms with Gasteiger partial charge in [0.05, 0.1) is 6.42 Å². The number of ketones is 1. The molecule has 0 aromatic heterocycles. The van der Waals surface area contributed by atoms with Crippen LogP contribution in [-0.4, -0.2) is 76.4 Å². The number of carbonyl (C=O) groups excluding carboxylic acids is 5. The van der Waals surface area contributed by atoms with E-state index in [2.05, 4.69) is 69.2 Å². The molecule has 2 rings (SSSR count). The van der Waals surface area contributed by atoms with Crippen molar-refractivity contribution in [3.63, 3.8) is 0 Å². The van der Waals surface area contributed by atoms with Gasteiger partial charge in [0.1, 0.15) is 18.1 Å². The number of carboxylic acid groups (broad SMARTS) is 2. The van der Waals surface area contributed by atoms with Gasteiger partial charge >= 0.3 is 17.9 Å². The van der Waals surface area contributed by atoms with Gasteiger partial charge in [0, 0.05) is 20.3 Å². The van der Waals surface area contributed by atoms with Gasteiger partial charge in [-0.25, -0.2) is 0 Å². The third kappa shape index (κ3) is 13.5. The van der Waals surface area contributed by atoms with E-state index in [1.54, 1.807) is 13.8 Å². The van der Waals surface area contributed by atoms with Crippen molar-refractivity contribution in [3.8, 4) is 0 Å². The first-order valence-corrected chi connectivity index (χ1v) is 13.1. The monoisotopic (exact) mass is 587 g/mol. The molecule has 0 aliphatic rings. The zero-order chi connectivity index (χ0) is 31.8. The third-order valence-electron chi connectivity index (χ3n) is 5.75. The van der Waals surface area contributed by atoms with Crippen LogP contribution in [0.2, 0.25) is 0 Å². The summed E-state index contributed by atoms with van der Waals surface area (Å²) < 4.78 is 4.54. The first kappa shape index (κ1) is 35.2. The molecule has 0 saturated heterocycles. The van der Waals surface area contributed by atoms with Gasteiger partial charge in [0.15, 0.2) is 12.4 Å². The molecular formula is C29H37N3O10. The molecule has 3 unspecified atom stereocenters. The Hall–Kier alpha value is -4.81. The maximum absolute atomic E-state index is 12.7. The number of rotatable bonds is 14. The highest BCUT2D eigenvalue weighted by molar-refractivity contribution is 5.96. The van der Waals surface area contributed by atoms with E-state index in [0.29, 0.717) is 0 Å². The number of aliphatic carboxylic acids is 2. The van der Waals surface area contributed by atoms with Crippen molar-refractivity contribution in [1.82, 2.24) is 16.0 Å². The minimum atomic E-state index is -1.52. The molecule has 0 aliphatic heterocycles. The summed E-state index contributed by atoms with van der Waals surface area (Å²) in [5.41, 5.74) is 0. The summed E-state index contributed by atoms with van der Waals surface area (Å²) in [6.07, 6.45) is -1.42. The van der Waals surface area contributed by atoms with Crippen LogP contribution in [0.25, 0.3) is 10.8 Å². The number of carboxylic acids is 2. The van der Waals surface area contributed by atoms with Crippen LogP contribution in [0.4, 0.5) is 0 Å². The zero-order valence-corrected chi connectivity index (χ0v) is 23.9. The first-order chi connectivity index (χ1) is 19.7. The molecule has 0 spiro atoms. The van der Waals surface area contributed by atoms with Crippen molar-refractivity contribution >= 4 is 52.2 Å². The highest BCUT2D eigenvalue weighted by atomic mass is 16.5. The number of ether oxygens (including phenoxy) is 1. The fraction of sp³-hybridized carbons (Fsp3) is 0.414. The largest absolute Gasteiger partial charge is 0.481 e. The van der Waals surface area contributed by atoms with Crippen molar-refractivity contribution < 1.29 is 48.5 Å². The van der Waals surface area contributed by atoms with Gasteiger partial charge in [-0.3, -0.25) is 33.6 Å². The SMILES string of the molecule is CC(=O)NC(CCC(=O)O)C(=O)NC(C(=O)NC(CC(=O)O)C(=O)COC(C)=O)C(C)C.c1ccc2ccccc2c1. The van der Waals surface area contributed by atoms with Gasteiger partial charge in [0.2, 0.25) is 17.7 Å². The van der Waals surface area contributed by atoms with Crippen LogP contribution in [0.3, 0.4) is 0 Å². The molecule has 228 valence electrons. The summed E-state index contributed by atoms with van der Waals surface area (Å²) in [5, 5.41) is 27.4. The van der Waals surface area contributed by atoms with E-state index in [1.807, 2.05) is 0 Å². The molecule has 0 radical (unpaired) electrons. The van der Waals surface area contributed by atoms with E-state index in [4.69, 9.17) is 10.2 Å². The lowest BCUT2D eigenvalue weighted by atomic mass is 10.0. The van der Waals surface area contributed by atoms with E-state index in [1.165, 1.54) is 10.8 Å². The molecule has 13 heteroatoms. The highest BCUT2D eigenvalue weighted by Crippen LogP contribution is 2.11. The molecule has 13 nitrogen and oxygen atoms in total. The van der Waals surface area contributed by atoms with Gasteiger partial charge in [-0.15, -0.1) is 0 Å². The van der Waals surface area contributed by atoms with Crippen LogP contribution < -0.4 is 16.0 Å². The van der Waals surface area contributed by atoms with E-state index >= 15 is 0 Å². The van der Waals surface area contributed by atoms with Crippen molar-refractivity contribution in [2.75, 3.05) is 6.61 Å². The zero-order valence-electron chi connectivity index (χ0n) is 23.9. The summed E-state index contributed by atoms with van der Waals surface area (Å²) in [4.78, 5) is 81.5. The fourth-order valence-corrected chi connectivity index (χ4v) is 3.66. The van der Waals surface area contributed by atoms with Crippen LogP contribution >= 0.6 is 0 Å². The number of nitrogens with one attached hydrogen (secondary N) is 3. The standard InChI is InChI=1S/C19H29N3O10.C10H8/c1-9(2)17(22-18(30)12(20-10(3)23)5-6-15(26)27)19(31)21-13(7-16(28)29)14(25)8-32-11(4)24;1-2-6-10-8-4-3-7-9(10)5-1/h9,12-13,17H,5-8H2,1-4H3,(H,20,23)(H,21,31)(H,22,30)(H,26,27)(H,28,29);1-8H. The average molecular weight is 588 g/mol. The molecule has 2 aromatic carbocycles. The molecule has 3 atom stereocenters. The summed E-state index contributed by atoms with van der Waals surface area (Å²) in [6.45, 7) is 4.59. The quantitative estimate of drug-likeness (QED) is 0.201. The van der Waals surface area contributed by atoms with Gasteiger partial charge < -0.3 is 30.9 Å². The molecule has 0 bridgehead atoms. The lowest BCUT2D eigenvalue weighted by molar-refractivity contribution is -0.147. The molecule has 42 heavy (non-hydrogen) atoms. The van der Waals surface area contributed by atoms with E-state index in [0.717, 1.165) is 13.8 Å².